The summed E-state index contributed by atoms with van der Waals surface area (Å²) in [7, 11) is 0. The predicted molar refractivity (Wildman–Crippen MR) is 121 cm³/mol. The number of nitrogens with zero attached hydrogens (tertiary/aromatic N) is 3. The Balaban J connectivity index is 1.30. The third-order valence-corrected chi connectivity index (χ3v) is 5.25. The van der Waals surface area contributed by atoms with E-state index in [1.165, 1.54) is 6.07 Å². The summed E-state index contributed by atoms with van der Waals surface area (Å²) in [5, 5.41) is 9.41. The van der Waals surface area contributed by atoms with E-state index in [1.807, 2.05) is 0 Å². The Kier molecular flexibility index (Phi) is 6.47. The van der Waals surface area contributed by atoms with Crippen LogP contribution in [-0.4, -0.2) is 35.1 Å². The summed E-state index contributed by atoms with van der Waals surface area (Å²) in [6.45, 7) is 1.41. The largest absolute Gasteiger partial charge is 0.341 e. The second kappa shape index (κ2) is 9.61. The fourth-order valence-corrected chi connectivity index (χ4v) is 3.51. The molecule has 7 nitrogen and oxygen atoms in total. The second-order valence-corrected chi connectivity index (χ2v) is 7.65. The van der Waals surface area contributed by atoms with Gasteiger partial charge in [-0.05, 0) is 55.3 Å². The van der Waals surface area contributed by atoms with Gasteiger partial charge in [0, 0.05) is 36.0 Å². The maximum atomic E-state index is 13.9. The molecule has 1 aliphatic rings. The van der Waals surface area contributed by atoms with Crippen molar-refractivity contribution in [3.8, 4) is 0 Å². The fourth-order valence-electron chi connectivity index (χ4n) is 3.38. The molecule has 2 heterocycles. The van der Waals surface area contributed by atoms with Crippen LogP contribution in [0.5, 0.6) is 0 Å². The Morgan fingerprint density at radius 2 is 1.81 bits per heavy atom. The van der Waals surface area contributed by atoms with Crippen molar-refractivity contribution in [3.05, 3.63) is 71.6 Å². The molecule has 4 rings (SSSR count). The second-order valence-electron chi connectivity index (χ2n) is 7.21. The highest BCUT2D eigenvalue weighted by Crippen LogP contribution is 2.21. The Morgan fingerprint density at radius 1 is 1.06 bits per heavy atom. The molecule has 1 fully saturated rings. The molecule has 3 N–H and O–H groups in total. The molecule has 2 aromatic carbocycles. The lowest BCUT2D eigenvalue weighted by Crippen LogP contribution is -2.46. The van der Waals surface area contributed by atoms with Crippen molar-refractivity contribution in [2.24, 2.45) is 0 Å². The van der Waals surface area contributed by atoms with Crippen LogP contribution in [0.25, 0.3) is 0 Å². The zero-order valence-corrected chi connectivity index (χ0v) is 17.4. The molecular weight excluding hydrogens is 419 g/mol. The SMILES string of the molecule is O=C(Nc1ccc(Cl)cc1)NC1CCN(c2nccc(Nc3ccccc3F)n2)CC1. The number of carbonyl (C=O) groups excluding carboxylic acids is 1. The number of anilines is 4. The van der Waals surface area contributed by atoms with Gasteiger partial charge in [0.2, 0.25) is 5.95 Å². The number of hydrogen-bond donors (Lipinski definition) is 3. The number of amides is 2. The molecule has 3 aromatic rings. The molecule has 9 heteroatoms. The van der Waals surface area contributed by atoms with Crippen LogP contribution in [0.3, 0.4) is 0 Å². The number of urea groups is 1. The summed E-state index contributed by atoms with van der Waals surface area (Å²) in [5.41, 5.74) is 1.05. The summed E-state index contributed by atoms with van der Waals surface area (Å²) >= 11 is 5.86. The van der Waals surface area contributed by atoms with Crippen LogP contribution in [0.4, 0.5) is 32.3 Å². The Bertz CT molecular complexity index is 1040. The van der Waals surface area contributed by atoms with Crippen molar-refractivity contribution in [3.63, 3.8) is 0 Å². The van der Waals surface area contributed by atoms with Crippen molar-refractivity contribution in [2.45, 2.75) is 18.9 Å². The first-order valence-electron chi connectivity index (χ1n) is 9.99. The van der Waals surface area contributed by atoms with Gasteiger partial charge in [-0.2, -0.15) is 4.98 Å². The lowest BCUT2D eigenvalue weighted by molar-refractivity contribution is 0.246. The molecular formula is C22H22ClFN6O. The molecule has 2 amide bonds. The lowest BCUT2D eigenvalue weighted by Gasteiger charge is -2.32. The minimum Gasteiger partial charge on any atom is -0.341 e. The van der Waals surface area contributed by atoms with E-state index in [9.17, 15) is 9.18 Å². The van der Waals surface area contributed by atoms with Gasteiger partial charge in [-0.25, -0.2) is 14.2 Å². The minimum absolute atomic E-state index is 0.0586. The molecule has 0 radical (unpaired) electrons. The van der Waals surface area contributed by atoms with Crippen molar-refractivity contribution < 1.29 is 9.18 Å². The zero-order valence-electron chi connectivity index (χ0n) is 16.7. The van der Waals surface area contributed by atoms with E-state index < -0.39 is 0 Å². The van der Waals surface area contributed by atoms with Gasteiger partial charge in [-0.3, -0.25) is 0 Å². The average molecular weight is 441 g/mol. The van der Waals surface area contributed by atoms with Gasteiger partial charge in [0.1, 0.15) is 11.6 Å². The quantitative estimate of drug-likeness (QED) is 0.530. The van der Waals surface area contributed by atoms with E-state index in [1.54, 1.807) is 54.7 Å². The molecule has 0 bridgehead atoms. The summed E-state index contributed by atoms with van der Waals surface area (Å²) in [5.74, 6) is 0.759. The van der Waals surface area contributed by atoms with E-state index >= 15 is 0 Å². The van der Waals surface area contributed by atoms with E-state index in [-0.39, 0.29) is 17.9 Å². The van der Waals surface area contributed by atoms with Gasteiger partial charge < -0.3 is 20.9 Å². The molecule has 1 aliphatic heterocycles. The number of hydrogen-bond acceptors (Lipinski definition) is 5. The Morgan fingerprint density at radius 3 is 2.55 bits per heavy atom. The topological polar surface area (TPSA) is 82.2 Å². The van der Waals surface area contributed by atoms with Crippen LogP contribution in [0, 0.1) is 5.82 Å². The number of aromatic nitrogens is 2. The number of carbonyl (C=O) groups is 1. The van der Waals surface area contributed by atoms with Crippen molar-refractivity contribution >= 4 is 40.8 Å². The molecule has 0 atom stereocenters. The number of nitrogens with one attached hydrogen (secondary N) is 3. The molecule has 0 saturated carbocycles. The summed E-state index contributed by atoms with van der Waals surface area (Å²) < 4.78 is 13.9. The summed E-state index contributed by atoms with van der Waals surface area (Å²) in [6.07, 6.45) is 3.18. The summed E-state index contributed by atoms with van der Waals surface area (Å²) in [6, 6.07) is 14.9. The van der Waals surface area contributed by atoms with E-state index in [0.717, 1.165) is 12.8 Å². The van der Waals surface area contributed by atoms with Crippen molar-refractivity contribution in [2.75, 3.05) is 28.6 Å². The van der Waals surface area contributed by atoms with Gasteiger partial charge in [0.05, 0.1) is 5.69 Å². The van der Waals surface area contributed by atoms with E-state index in [2.05, 4.69) is 30.8 Å². The fraction of sp³-hybridized carbons (Fsp3) is 0.227. The molecule has 0 spiro atoms. The predicted octanol–water partition coefficient (Wildman–Crippen LogP) is 4.80. The maximum absolute atomic E-state index is 13.9. The highest BCUT2D eigenvalue weighted by Gasteiger charge is 2.22. The van der Waals surface area contributed by atoms with Gasteiger partial charge in [0.25, 0.3) is 0 Å². The van der Waals surface area contributed by atoms with Crippen LogP contribution in [0.15, 0.2) is 60.8 Å². The van der Waals surface area contributed by atoms with E-state index in [4.69, 9.17) is 11.6 Å². The third kappa shape index (κ3) is 5.61. The molecule has 31 heavy (non-hydrogen) atoms. The minimum atomic E-state index is -0.341. The Labute approximate surface area is 184 Å². The zero-order chi connectivity index (χ0) is 21.6. The first-order valence-corrected chi connectivity index (χ1v) is 10.4. The number of rotatable bonds is 5. The molecule has 0 unspecified atom stereocenters. The van der Waals surface area contributed by atoms with Crippen LogP contribution in [0.2, 0.25) is 5.02 Å². The number of piperidine rings is 1. The highest BCUT2D eigenvalue weighted by molar-refractivity contribution is 6.30. The Hall–Kier alpha value is -3.39. The number of benzene rings is 2. The van der Waals surface area contributed by atoms with Crippen LogP contribution >= 0.6 is 11.6 Å². The van der Waals surface area contributed by atoms with Crippen molar-refractivity contribution in [1.82, 2.24) is 15.3 Å². The molecule has 1 aromatic heterocycles. The maximum Gasteiger partial charge on any atom is 0.319 e. The van der Waals surface area contributed by atoms with E-state index in [0.29, 0.717) is 41.3 Å². The average Bonchev–Trinajstić information content (AvgIpc) is 2.78. The lowest BCUT2D eigenvalue weighted by atomic mass is 10.1. The third-order valence-electron chi connectivity index (χ3n) is 4.99. The van der Waals surface area contributed by atoms with Gasteiger partial charge in [0.15, 0.2) is 0 Å². The van der Waals surface area contributed by atoms with Crippen molar-refractivity contribution in [1.29, 1.82) is 0 Å². The molecule has 160 valence electrons. The molecule has 0 aliphatic carbocycles. The molecule has 1 saturated heterocycles. The summed E-state index contributed by atoms with van der Waals surface area (Å²) in [4.78, 5) is 23.1. The number of halogens is 2. The van der Waals surface area contributed by atoms with Crippen LogP contribution in [-0.2, 0) is 0 Å². The normalized spacial score (nSPS) is 14.2. The monoisotopic (exact) mass is 440 g/mol. The smallest absolute Gasteiger partial charge is 0.319 e. The first-order chi connectivity index (χ1) is 15.1. The highest BCUT2D eigenvalue weighted by atomic mass is 35.5. The first kappa shape index (κ1) is 20.9. The van der Waals surface area contributed by atoms with Gasteiger partial charge >= 0.3 is 6.03 Å². The van der Waals surface area contributed by atoms with Gasteiger partial charge in [-0.1, -0.05) is 23.7 Å². The van der Waals surface area contributed by atoms with Crippen LogP contribution < -0.4 is 20.9 Å². The van der Waals surface area contributed by atoms with Crippen LogP contribution in [0.1, 0.15) is 12.8 Å². The van der Waals surface area contributed by atoms with Gasteiger partial charge in [-0.15, -0.1) is 0 Å². The standard InChI is InChI=1S/C22H22ClFN6O/c23-15-5-7-16(8-6-15)26-22(31)27-17-10-13-30(14-11-17)21-25-12-9-20(29-21)28-19-4-2-1-3-18(19)24/h1-9,12,17H,10-11,13-14H2,(H,25,28,29)(H2,26,27,31). The number of para-hydroxylation sites is 1.